The Labute approximate surface area is 153 Å². The first kappa shape index (κ1) is 17.8. The number of aromatic nitrogens is 2. The zero-order valence-corrected chi connectivity index (χ0v) is 15.6. The minimum absolute atomic E-state index is 0.0855. The van der Waals surface area contributed by atoms with E-state index in [4.69, 9.17) is 0 Å². The van der Waals surface area contributed by atoms with E-state index in [9.17, 15) is 9.18 Å². The van der Waals surface area contributed by atoms with Gasteiger partial charge in [0.2, 0.25) is 5.91 Å². The van der Waals surface area contributed by atoms with Crippen LogP contribution in [0.15, 0.2) is 35.6 Å². The SMILES string of the molecule is Cc1sc2ncnc(SCC(=O)NCCc3ccccc3F)c2c1C. The van der Waals surface area contributed by atoms with E-state index in [2.05, 4.69) is 29.1 Å². The maximum absolute atomic E-state index is 13.5. The van der Waals surface area contributed by atoms with Crippen LogP contribution in [0.25, 0.3) is 10.2 Å². The lowest BCUT2D eigenvalue weighted by molar-refractivity contribution is -0.118. The van der Waals surface area contributed by atoms with Crippen molar-refractivity contribution in [2.45, 2.75) is 25.3 Å². The van der Waals surface area contributed by atoms with Crippen molar-refractivity contribution in [2.75, 3.05) is 12.3 Å². The number of carbonyl (C=O) groups excluding carboxylic acids is 1. The Hall–Kier alpha value is -1.99. The highest BCUT2D eigenvalue weighted by atomic mass is 32.2. The van der Waals surface area contributed by atoms with Crippen molar-refractivity contribution in [2.24, 2.45) is 0 Å². The predicted octanol–water partition coefficient (Wildman–Crippen LogP) is 3.90. The third kappa shape index (κ3) is 4.16. The predicted molar refractivity (Wildman–Crippen MR) is 101 cm³/mol. The molecule has 3 aromatic rings. The van der Waals surface area contributed by atoms with Gasteiger partial charge in [0.15, 0.2) is 0 Å². The highest BCUT2D eigenvalue weighted by Gasteiger charge is 2.13. The van der Waals surface area contributed by atoms with Crippen LogP contribution in [0.1, 0.15) is 16.0 Å². The molecule has 0 saturated carbocycles. The molecule has 0 radical (unpaired) electrons. The van der Waals surface area contributed by atoms with Gasteiger partial charge in [0.05, 0.1) is 5.75 Å². The molecule has 0 fully saturated rings. The average molecular weight is 375 g/mol. The van der Waals surface area contributed by atoms with Gasteiger partial charge in [0.25, 0.3) is 0 Å². The van der Waals surface area contributed by atoms with Gasteiger partial charge >= 0.3 is 0 Å². The van der Waals surface area contributed by atoms with Gasteiger partial charge in [-0.05, 0) is 37.5 Å². The number of rotatable bonds is 6. The van der Waals surface area contributed by atoms with Crippen LogP contribution in [0.5, 0.6) is 0 Å². The molecule has 1 N–H and O–H groups in total. The first-order valence-corrected chi connectivity index (χ1v) is 9.70. The second-order valence-corrected chi connectivity index (χ2v) is 7.79. The number of benzene rings is 1. The molecule has 0 saturated heterocycles. The Kier molecular flexibility index (Phi) is 5.65. The first-order valence-electron chi connectivity index (χ1n) is 7.90. The summed E-state index contributed by atoms with van der Waals surface area (Å²) >= 11 is 3.04. The monoisotopic (exact) mass is 375 g/mol. The summed E-state index contributed by atoms with van der Waals surface area (Å²) in [6, 6.07) is 6.61. The number of fused-ring (bicyclic) bond motifs is 1. The number of carbonyl (C=O) groups is 1. The van der Waals surface area contributed by atoms with Crippen molar-refractivity contribution in [3.63, 3.8) is 0 Å². The van der Waals surface area contributed by atoms with Crippen LogP contribution in [0, 0.1) is 19.7 Å². The summed E-state index contributed by atoms with van der Waals surface area (Å²) in [6.07, 6.45) is 2.01. The van der Waals surface area contributed by atoms with Gasteiger partial charge in [-0.2, -0.15) is 0 Å². The molecule has 0 bridgehead atoms. The van der Waals surface area contributed by atoms with Gasteiger partial charge in [-0.3, -0.25) is 4.79 Å². The molecule has 0 unspecified atom stereocenters. The van der Waals surface area contributed by atoms with Crippen molar-refractivity contribution in [1.82, 2.24) is 15.3 Å². The van der Waals surface area contributed by atoms with E-state index in [1.807, 2.05) is 0 Å². The molecule has 1 aromatic carbocycles. The molecule has 2 aromatic heterocycles. The zero-order valence-electron chi connectivity index (χ0n) is 14.0. The summed E-state index contributed by atoms with van der Waals surface area (Å²) in [6.45, 7) is 4.53. The van der Waals surface area contributed by atoms with E-state index in [-0.39, 0.29) is 17.5 Å². The minimum atomic E-state index is -0.238. The van der Waals surface area contributed by atoms with Crippen LogP contribution in [-0.4, -0.2) is 28.2 Å². The third-order valence-corrected chi connectivity index (χ3v) is 6.05. The van der Waals surface area contributed by atoms with Crippen LogP contribution < -0.4 is 5.32 Å². The maximum atomic E-state index is 13.5. The number of hydrogen-bond donors (Lipinski definition) is 1. The molecule has 4 nitrogen and oxygen atoms in total. The fourth-order valence-electron chi connectivity index (χ4n) is 2.48. The van der Waals surface area contributed by atoms with E-state index in [0.29, 0.717) is 18.5 Å². The second-order valence-electron chi connectivity index (χ2n) is 5.62. The Balaban J connectivity index is 1.55. The summed E-state index contributed by atoms with van der Waals surface area (Å²) in [5.41, 5.74) is 1.78. The summed E-state index contributed by atoms with van der Waals surface area (Å²) < 4.78 is 13.5. The topological polar surface area (TPSA) is 54.9 Å². The Morgan fingerprint density at radius 2 is 2.08 bits per heavy atom. The molecule has 25 heavy (non-hydrogen) atoms. The first-order chi connectivity index (χ1) is 12.1. The fourth-order valence-corrected chi connectivity index (χ4v) is 4.43. The largest absolute Gasteiger partial charge is 0.355 e. The number of amides is 1. The molecule has 0 aliphatic heterocycles. The summed E-state index contributed by atoms with van der Waals surface area (Å²) in [5.74, 6) is -0.0481. The zero-order chi connectivity index (χ0) is 17.8. The number of nitrogens with zero attached hydrogens (tertiary/aromatic N) is 2. The lowest BCUT2D eigenvalue weighted by Gasteiger charge is -2.06. The number of thioether (sulfide) groups is 1. The smallest absolute Gasteiger partial charge is 0.230 e. The lowest BCUT2D eigenvalue weighted by atomic mass is 10.1. The van der Waals surface area contributed by atoms with Crippen molar-refractivity contribution >= 4 is 39.2 Å². The highest BCUT2D eigenvalue weighted by molar-refractivity contribution is 8.00. The van der Waals surface area contributed by atoms with Crippen molar-refractivity contribution in [1.29, 1.82) is 0 Å². The molecular formula is C18H18FN3OS2. The van der Waals surface area contributed by atoms with Crippen molar-refractivity contribution in [3.05, 3.63) is 52.4 Å². The van der Waals surface area contributed by atoms with Crippen LogP contribution in [0.4, 0.5) is 4.39 Å². The number of halogens is 1. The Morgan fingerprint density at radius 3 is 2.88 bits per heavy atom. The summed E-state index contributed by atoms with van der Waals surface area (Å²) in [4.78, 5) is 22.8. The maximum Gasteiger partial charge on any atom is 0.230 e. The lowest BCUT2D eigenvalue weighted by Crippen LogP contribution is -2.27. The Bertz CT molecular complexity index is 910. The van der Waals surface area contributed by atoms with Crippen LogP contribution in [-0.2, 0) is 11.2 Å². The van der Waals surface area contributed by atoms with Crippen LogP contribution in [0.3, 0.4) is 0 Å². The quantitative estimate of drug-likeness (QED) is 0.524. The van der Waals surface area contributed by atoms with Crippen LogP contribution >= 0.6 is 23.1 Å². The molecule has 2 heterocycles. The van der Waals surface area contributed by atoms with Crippen molar-refractivity contribution < 1.29 is 9.18 Å². The van der Waals surface area contributed by atoms with E-state index in [1.165, 1.54) is 34.6 Å². The van der Waals surface area contributed by atoms with E-state index in [1.54, 1.807) is 29.5 Å². The summed E-state index contributed by atoms with van der Waals surface area (Å²) in [7, 11) is 0. The molecule has 0 atom stereocenters. The standard InChI is InChI=1S/C18H18FN3OS2/c1-11-12(2)25-18-16(11)17(21-10-22-18)24-9-15(23)20-8-7-13-5-3-4-6-14(13)19/h3-6,10H,7-9H2,1-2H3,(H,20,23). The molecule has 0 aliphatic carbocycles. The van der Waals surface area contributed by atoms with Gasteiger partial charge in [-0.25, -0.2) is 14.4 Å². The third-order valence-electron chi connectivity index (χ3n) is 3.94. The molecule has 1 amide bonds. The number of nitrogens with one attached hydrogen (secondary N) is 1. The number of aryl methyl sites for hydroxylation is 2. The molecule has 0 aliphatic rings. The minimum Gasteiger partial charge on any atom is -0.355 e. The summed E-state index contributed by atoms with van der Waals surface area (Å²) in [5, 5.41) is 4.70. The molecule has 3 rings (SSSR count). The second kappa shape index (κ2) is 7.93. The van der Waals surface area contributed by atoms with Gasteiger partial charge in [-0.1, -0.05) is 30.0 Å². The molecular weight excluding hydrogens is 357 g/mol. The van der Waals surface area contributed by atoms with Crippen LogP contribution in [0.2, 0.25) is 0 Å². The van der Waals surface area contributed by atoms with E-state index in [0.717, 1.165) is 15.2 Å². The van der Waals surface area contributed by atoms with Crippen molar-refractivity contribution in [3.8, 4) is 0 Å². The van der Waals surface area contributed by atoms with Gasteiger partial charge in [-0.15, -0.1) is 11.3 Å². The van der Waals surface area contributed by atoms with E-state index >= 15 is 0 Å². The molecule has 130 valence electrons. The fraction of sp³-hybridized carbons (Fsp3) is 0.278. The molecule has 7 heteroatoms. The normalized spacial score (nSPS) is 11.0. The average Bonchev–Trinajstić information content (AvgIpc) is 2.90. The van der Waals surface area contributed by atoms with Gasteiger partial charge in [0, 0.05) is 16.8 Å². The number of hydrogen-bond acceptors (Lipinski definition) is 5. The Morgan fingerprint density at radius 1 is 1.28 bits per heavy atom. The number of thiophene rings is 1. The van der Waals surface area contributed by atoms with E-state index < -0.39 is 0 Å². The highest BCUT2D eigenvalue weighted by Crippen LogP contribution is 2.34. The van der Waals surface area contributed by atoms with Gasteiger partial charge in [0.1, 0.15) is 22.0 Å². The van der Waals surface area contributed by atoms with Gasteiger partial charge < -0.3 is 5.32 Å². The molecule has 0 spiro atoms.